The summed E-state index contributed by atoms with van der Waals surface area (Å²) >= 11 is 0. The number of methoxy groups -OCH3 is 1. The van der Waals surface area contributed by atoms with E-state index in [1.54, 1.807) is 31.2 Å². The molecule has 1 aromatic carbocycles. The lowest BCUT2D eigenvalue weighted by Gasteiger charge is -2.11. The molecule has 1 N–H and O–H groups in total. The van der Waals surface area contributed by atoms with Crippen LogP contribution in [0.25, 0.3) is 0 Å². The van der Waals surface area contributed by atoms with Crippen LogP contribution in [0.4, 0.5) is 0 Å². The molecule has 0 spiro atoms. The first-order valence-electron chi connectivity index (χ1n) is 5.63. The molecule has 6 nitrogen and oxygen atoms in total. The Bertz CT molecular complexity index is 468. The van der Waals surface area contributed by atoms with Gasteiger partial charge in [0, 0.05) is 5.56 Å². The highest BCUT2D eigenvalue weighted by Gasteiger charge is 2.16. The van der Waals surface area contributed by atoms with E-state index in [-0.39, 0.29) is 5.91 Å². The van der Waals surface area contributed by atoms with Gasteiger partial charge in [-0.15, -0.1) is 0 Å². The zero-order chi connectivity index (χ0) is 14.3. The van der Waals surface area contributed by atoms with Gasteiger partial charge in [-0.3, -0.25) is 4.79 Å². The zero-order valence-electron chi connectivity index (χ0n) is 11.0. The third-order valence-electron chi connectivity index (χ3n) is 2.38. The summed E-state index contributed by atoms with van der Waals surface area (Å²) in [6, 6.07) is 6.03. The number of amides is 1. The summed E-state index contributed by atoms with van der Waals surface area (Å²) in [7, 11) is 2.72. The normalized spacial score (nSPS) is 11.9. The molecule has 0 saturated carbocycles. The molecule has 0 radical (unpaired) electrons. The minimum atomic E-state index is -0.688. The van der Waals surface area contributed by atoms with E-state index < -0.39 is 12.0 Å². The molecule has 0 aliphatic carbocycles. The topological polar surface area (TPSA) is 77.0 Å². The molecule has 1 rings (SSSR count). The maximum atomic E-state index is 11.8. The Morgan fingerprint density at radius 1 is 1.26 bits per heavy atom. The molecule has 102 valence electrons. The molecule has 0 bridgehead atoms. The first-order chi connectivity index (χ1) is 9.08. The van der Waals surface area contributed by atoms with Crippen molar-refractivity contribution >= 4 is 18.1 Å². The molecule has 1 amide bonds. The number of rotatable bonds is 5. The summed E-state index contributed by atoms with van der Waals surface area (Å²) < 4.78 is 4.53. The van der Waals surface area contributed by atoms with Gasteiger partial charge in [0.15, 0.2) is 0 Å². The van der Waals surface area contributed by atoms with Gasteiger partial charge in [0.05, 0.1) is 13.3 Å². The zero-order valence-corrected chi connectivity index (χ0v) is 11.0. The van der Waals surface area contributed by atoms with E-state index in [4.69, 9.17) is 0 Å². The molecular weight excluding hydrogens is 248 g/mol. The van der Waals surface area contributed by atoms with Crippen molar-refractivity contribution < 1.29 is 19.2 Å². The molecule has 1 atom stereocenters. The van der Waals surface area contributed by atoms with Crippen LogP contribution in [-0.2, 0) is 14.4 Å². The van der Waals surface area contributed by atoms with Gasteiger partial charge in [0.2, 0.25) is 0 Å². The van der Waals surface area contributed by atoms with Crippen LogP contribution < -0.4 is 5.32 Å². The maximum absolute atomic E-state index is 11.8. The average molecular weight is 264 g/mol. The smallest absolute Gasteiger partial charge is 0.328 e. The van der Waals surface area contributed by atoms with E-state index >= 15 is 0 Å². The van der Waals surface area contributed by atoms with Crippen LogP contribution in [0.15, 0.2) is 29.4 Å². The van der Waals surface area contributed by atoms with Crippen LogP contribution in [0.5, 0.6) is 0 Å². The second kappa shape index (κ2) is 7.15. The number of oxime groups is 1. The first kappa shape index (κ1) is 14.7. The van der Waals surface area contributed by atoms with Gasteiger partial charge in [-0.05, 0) is 24.6 Å². The summed E-state index contributed by atoms with van der Waals surface area (Å²) in [5, 5.41) is 6.15. The lowest BCUT2D eigenvalue weighted by Crippen LogP contribution is -2.39. The van der Waals surface area contributed by atoms with Crippen LogP contribution >= 0.6 is 0 Å². The number of esters is 1. The molecule has 0 aromatic heterocycles. The third-order valence-corrected chi connectivity index (χ3v) is 2.38. The highest BCUT2D eigenvalue weighted by Crippen LogP contribution is 2.03. The summed E-state index contributed by atoms with van der Waals surface area (Å²) in [5.41, 5.74) is 1.25. The largest absolute Gasteiger partial charge is 0.467 e. The van der Waals surface area contributed by atoms with Crippen molar-refractivity contribution in [2.75, 3.05) is 14.2 Å². The van der Waals surface area contributed by atoms with Crippen LogP contribution in [0.1, 0.15) is 22.8 Å². The lowest BCUT2D eigenvalue weighted by molar-refractivity contribution is -0.142. The van der Waals surface area contributed by atoms with E-state index in [0.717, 1.165) is 5.56 Å². The van der Waals surface area contributed by atoms with Gasteiger partial charge >= 0.3 is 5.97 Å². The Balaban J connectivity index is 2.67. The Morgan fingerprint density at radius 3 is 2.42 bits per heavy atom. The van der Waals surface area contributed by atoms with Crippen molar-refractivity contribution in [1.82, 2.24) is 5.32 Å². The molecule has 0 fully saturated rings. The fourth-order valence-electron chi connectivity index (χ4n) is 1.35. The fraction of sp³-hybridized carbons (Fsp3) is 0.308. The third kappa shape index (κ3) is 4.42. The highest BCUT2D eigenvalue weighted by atomic mass is 16.6. The SMILES string of the molecule is CON=Cc1ccc(C(=O)N[C@@H](C)C(=O)OC)cc1. The summed E-state index contributed by atoms with van der Waals surface area (Å²) in [5.74, 6) is -0.828. The second-order valence-corrected chi connectivity index (χ2v) is 3.76. The van der Waals surface area contributed by atoms with Crippen LogP contribution in [-0.4, -0.2) is 38.4 Å². The van der Waals surface area contributed by atoms with E-state index in [1.807, 2.05) is 0 Å². The molecule has 6 heteroatoms. The average Bonchev–Trinajstić information content (AvgIpc) is 2.44. The van der Waals surface area contributed by atoms with Crippen molar-refractivity contribution in [3.63, 3.8) is 0 Å². The molecule has 0 heterocycles. The van der Waals surface area contributed by atoms with Crippen molar-refractivity contribution in [2.45, 2.75) is 13.0 Å². The molecule has 0 unspecified atom stereocenters. The number of ether oxygens (including phenoxy) is 1. The van der Waals surface area contributed by atoms with Crippen LogP contribution in [0, 0.1) is 0 Å². The maximum Gasteiger partial charge on any atom is 0.328 e. The number of hydrogen-bond acceptors (Lipinski definition) is 5. The summed E-state index contributed by atoms with van der Waals surface area (Å²) in [4.78, 5) is 27.6. The minimum absolute atomic E-state index is 0.340. The molecule has 19 heavy (non-hydrogen) atoms. The van der Waals surface area contributed by atoms with Gasteiger partial charge in [-0.2, -0.15) is 0 Å². The predicted octanol–water partition coefficient (Wildman–Crippen LogP) is 0.958. The van der Waals surface area contributed by atoms with Crippen molar-refractivity contribution in [3.8, 4) is 0 Å². The van der Waals surface area contributed by atoms with E-state index in [9.17, 15) is 9.59 Å². The molecule has 0 aliphatic heterocycles. The van der Waals surface area contributed by atoms with Crippen LogP contribution in [0.3, 0.4) is 0 Å². The van der Waals surface area contributed by atoms with Gasteiger partial charge in [-0.25, -0.2) is 4.79 Å². The summed E-state index contributed by atoms with van der Waals surface area (Å²) in [6.07, 6.45) is 1.53. The Morgan fingerprint density at radius 2 is 1.89 bits per heavy atom. The first-order valence-corrected chi connectivity index (χ1v) is 5.63. The Kier molecular flexibility index (Phi) is 5.53. The van der Waals surface area contributed by atoms with Crippen molar-refractivity contribution in [3.05, 3.63) is 35.4 Å². The summed E-state index contributed by atoms with van der Waals surface area (Å²) in [6.45, 7) is 1.56. The van der Waals surface area contributed by atoms with Crippen LogP contribution in [0.2, 0.25) is 0 Å². The van der Waals surface area contributed by atoms with E-state index in [1.165, 1.54) is 20.4 Å². The minimum Gasteiger partial charge on any atom is -0.467 e. The quantitative estimate of drug-likeness (QED) is 0.488. The molecule has 1 aromatic rings. The Labute approximate surface area is 111 Å². The van der Waals surface area contributed by atoms with Gasteiger partial charge in [0.25, 0.3) is 5.91 Å². The van der Waals surface area contributed by atoms with Gasteiger partial charge in [0.1, 0.15) is 13.2 Å². The molecule has 0 saturated heterocycles. The van der Waals surface area contributed by atoms with E-state index in [0.29, 0.717) is 5.56 Å². The monoisotopic (exact) mass is 264 g/mol. The lowest BCUT2D eigenvalue weighted by atomic mass is 10.1. The standard InChI is InChI=1S/C13H16N2O4/c1-9(13(17)18-2)15-12(16)11-6-4-10(5-7-11)8-14-19-3/h4-9H,1-3H3,(H,15,16)/t9-/m0/s1. The van der Waals surface area contributed by atoms with E-state index in [2.05, 4.69) is 20.0 Å². The number of carbonyl (C=O) groups is 2. The number of nitrogens with one attached hydrogen (secondary N) is 1. The number of benzene rings is 1. The van der Waals surface area contributed by atoms with Crippen molar-refractivity contribution in [1.29, 1.82) is 0 Å². The number of hydrogen-bond donors (Lipinski definition) is 1. The number of carbonyl (C=O) groups excluding carboxylic acids is 2. The molecule has 0 aliphatic rings. The van der Waals surface area contributed by atoms with Gasteiger partial charge in [-0.1, -0.05) is 17.3 Å². The predicted molar refractivity (Wildman–Crippen MR) is 70.0 cm³/mol. The highest BCUT2D eigenvalue weighted by molar-refractivity contribution is 5.97. The number of nitrogens with zero attached hydrogens (tertiary/aromatic N) is 1. The fourth-order valence-corrected chi connectivity index (χ4v) is 1.35. The van der Waals surface area contributed by atoms with Crippen molar-refractivity contribution in [2.24, 2.45) is 5.16 Å². The second-order valence-electron chi connectivity index (χ2n) is 3.76. The molecular formula is C13H16N2O4. The Hall–Kier alpha value is -2.37. The van der Waals surface area contributed by atoms with Gasteiger partial charge < -0.3 is 14.9 Å².